The van der Waals surface area contributed by atoms with Gasteiger partial charge in [-0.05, 0) is 31.6 Å². The van der Waals surface area contributed by atoms with Crippen LogP contribution in [0, 0.1) is 5.92 Å². The van der Waals surface area contributed by atoms with Crippen molar-refractivity contribution in [3.05, 3.63) is 0 Å². The van der Waals surface area contributed by atoms with Gasteiger partial charge in [0.15, 0.2) is 5.96 Å². The van der Waals surface area contributed by atoms with Gasteiger partial charge in [-0.1, -0.05) is 27.2 Å². The van der Waals surface area contributed by atoms with Crippen LogP contribution < -0.4 is 10.6 Å². The molecule has 0 spiro atoms. The monoisotopic (exact) mass is 399 g/mol. The second-order valence-corrected chi connectivity index (χ2v) is 5.28. The summed E-state index contributed by atoms with van der Waals surface area (Å²) in [6.07, 6.45) is 5.84. The van der Waals surface area contributed by atoms with Crippen molar-refractivity contribution in [3.8, 4) is 0 Å². The van der Waals surface area contributed by atoms with E-state index < -0.39 is 0 Å². The average Bonchev–Trinajstić information content (AvgIpc) is 2.39. The van der Waals surface area contributed by atoms with Crippen molar-refractivity contribution in [2.75, 3.05) is 33.4 Å². The maximum absolute atomic E-state index is 5.51. The van der Waals surface area contributed by atoms with Crippen LogP contribution >= 0.6 is 24.0 Å². The Kier molecular flexibility index (Phi) is 18.9. The van der Waals surface area contributed by atoms with Crippen LogP contribution in [0.1, 0.15) is 52.9 Å². The quantitative estimate of drug-likeness (QED) is 0.242. The van der Waals surface area contributed by atoms with E-state index in [0.29, 0.717) is 0 Å². The van der Waals surface area contributed by atoms with Crippen LogP contribution in [-0.4, -0.2) is 39.3 Å². The number of hydrogen-bond acceptors (Lipinski definition) is 2. The molecule has 2 N–H and O–H groups in total. The molecule has 0 aromatic carbocycles. The molecule has 0 saturated heterocycles. The Morgan fingerprint density at radius 2 is 1.65 bits per heavy atom. The molecular formula is C15H34IN3O. The highest BCUT2D eigenvalue weighted by Gasteiger charge is 1.98. The van der Waals surface area contributed by atoms with Crippen molar-refractivity contribution in [3.63, 3.8) is 0 Å². The molecule has 0 aromatic heterocycles. The molecule has 0 saturated carbocycles. The molecule has 122 valence electrons. The molecule has 0 aliphatic rings. The Hall–Kier alpha value is -0.0400. The summed E-state index contributed by atoms with van der Waals surface area (Å²) in [5, 5.41) is 6.64. The Balaban J connectivity index is 0. The number of nitrogens with one attached hydrogen (secondary N) is 2. The van der Waals surface area contributed by atoms with E-state index in [1.807, 2.05) is 7.05 Å². The summed E-state index contributed by atoms with van der Waals surface area (Å²) < 4.78 is 5.51. The van der Waals surface area contributed by atoms with Crippen molar-refractivity contribution in [2.45, 2.75) is 52.9 Å². The third-order valence-electron chi connectivity index (χ3n) is 2.87. The average molecular weight is 399 g/mol. The maximum Gasteiger partial charge on any atom is 0.190 e. The fourth-order valence-electron chi connectivity index (χ4n) is 1.67. The summed E-state index contributed by atoms with van der Waals surface area (Å²) in [6, 6.07) is 0. The van der Waals surface area contributed by atoms with Gasteiger partial charge in [0.25, 0.3) is 0 Å². The normalized spacial score (nSPS) is 11.3. The number of nitrogens with zero attached hydrogens (tertiary/aromatic N) is 1. The zero-order valence-electron chi connectivity index (χ0n) is 13.7. The van der Waals surface area contributed by atoms with Gasteiger partial charge < -0.3 is 15.4 Å². The minimum Gasteiger partial charge on any atom is -0.381 e. The number of hydrogen-bond donors (Lipinski definition) is 2. The molecule has 0 amide bonds. The molecule has 0 aromatic rings. The lowest BCUT2D eigenvalue weighted by molar-refractivity contribution is 0.129. The van der Waals surface area contributed by atoms with E-state index in [-0.39, 0.29) is 24.0 Å². The fourth-order valence-corrected chi connectivity index (χ4v) is 1.67. The third-order valence-corrected chi connectivity index (χ3v) is 2.87. The second kappa shape index (κ2) is 17.0. The van der Waals surface area contributed by atoms with Gasteiger partial charge in [-0.2, -0.15) is 0 Å². The maximum atomic E-state index is 5.51. The van der Waals surface area contributed by atoms with Crippen LogP contribution in [-0.2, 0) is 4.74 Å². The molecule has 0 heterocycles. The minimum absolute atomic E-state index is 0. The van der Waals surface area contributed by atoms with E-state index in [1.54, 1.807) is 0 Å². The first-order chi connectivity index (χ1) is 9.20. The van der Waals surface area contributed by atoms with E-state index in [4.69, 9.17) is 4.74 Å². The summed E-state index contributed by atoms with van der Waals surface area (Å²) in [4.78, 5) is 4.21. The van der Waals surface area contributed by atoms with Crippen LogP contribution in [0.5, 0.6) is 0 Å². The molecular weight excluding hydrogens is 365 g/mol. The third kappa shape index (κ3) is 16.0. The standard InChI is InChI=1S/C15H33N3O.HI/c1-5-6-12-19-13-8-11-18-15(16-4)17-10-7-9-14(2)3;/h14H,5-13H2,1-4H3,(H2,16,17,18);1H. The van der Waals surface area contributed by atoms with Crippen molar-refractivity contribution in [1.29, 1.82) is 0 Å². The number of halogens is 1. The molecule has 0 radical (unpaired) electrons. The van der Waals surface area contributed by atoms with Gasteiger partial charge in [0.1, 0.15) is 0 Å². The molecule has 0 atom stereocenters. The van der Waals surface area contributed by atoms with E-state index >= 15 is 0 Å². The Labute approximate surface area is 142 Å². The number of unbranched alkanes of at least 4 members (excludes halogenated alkanes) is 1. The van der Waals surface area contributed by atoms with E-state index in [1.165, 1.54) is 19.3 Å². The molecule has 4 nitrogen and oxygen atoms in total. The topological polar surface area (TPSA) is 45.6 Å². The highest BCUT2D eigenvalue weighted by Crippen LogP contribution is 2.01. The Bertz CT molecular complexity index is 223. The summed E-state index contributed by atoms with van der Waals surface area (Å²) in [7, 11) is 1.82. The van der Waals surface area contributed by atoms with Gasteiger partial charge in [-0.25, -0.2) is 0 Å². The van der Waals surface area contributed by atoms with Crippen molar-refractivity contribution in [2.24, 2.45) is 10.9 Å². The summed E-state index contributed by atoms with van der Waals surface area (Å²) in [6.45, 7) is 10.3. The van der Waals surface area contributed by atoms with Crippen LogP contribution in [0.4, 0.5) is 0 Å². The van der Waals surface area contributed by atoms with Crippen LogP contribution in [0.15, 0.2) is 4.99 Å². The number of rotatable bonds is 11. The smallest absolute Gasteiger partial charge is 0.190 e. The second-order valence-electron chi connectivity index (χ2n) is 5.28. The first-order valence-electron chi connectivity index (χ1n) is 7.73. The summed E-state index contributed by atoms with van der Waals surface area (Å²) in [5.41, 5.74) is 0. The van der Waals surface area contributed by atoms with Gasteiger partial charge in [0.05, 0.1) is 0 Å². The van der Waals surface area contributed by atoms with E-state index in [9.17, 15) is 0 Å². The molecule has 0 fully saturated rings. The molecule has 0 unspecified atom stereocenters. The lowest BCUT2D eigenvalue weighted by atomic mass is 10.1. The predicted octanol–water partition coefficient (Wildman–Crippen LogP) is 3.41. The molecule has 5 heteroatoms. The van der Waals surface area contributed by atoms with Crippen LogP contribution in [0.2, 0.25) is 0 Å². The van der Waals surface area contributed by atoms with Crippen molar-refractivity contribution >= 4 is 29.9 Å². The Morgan fingerprint density at radius 1 is 1.05 bits per heavy atom. The number of guanidine groups is 1. The van der Waals surface area contributed by atoms with Gasteiger partial charge >= 0.3 is 0 Å². The molecule has 0 rings (SSSR count). The minimum atomic E-state index is 0. The highest BCUT2D eigenvalue weighted by atomic mass is 127. The van der Waals surface area contributed by atoms with Gasteiger partial charge in [0, 0.05) is 33.4 Å². The molecule has 0 aliphatic heterocycles. The molecule has 20 heavy (non-hydrogen) atoms. The lowest BCUT2D eigenvalue weighted by Crippen LogP contribution is -2.38. The van der Waals surface area contributed by atoms with Gasteiger partial charge in [0.2, 0.25) is 0 Å². The summed E-state index contributed by atoms with van der Waals surface area (Å²) >= 11 is 0. The molecule has 0 bridgehead atoms. The molecule has 0 aliphatic carbocycles. The first kappa shape index (κ1) is 22.2. The predicted molar refractivity (Wildman–Crippen MR) is 99.2 cm³/mol. The number of aliphatic imine (C=N–C) groups is 1. The highest BCUT2D eigenvalue weighted by molar-refractivity contribution is 14.0. The van der Waals surface area contributed by atoms with Crippen LogP contribution in [0.3, 0.4) is 0 Å². The van der Waals surface area contributed by atoms with Gasteiger partial charge in [-0.15, -0.1) is 24.0 Å². The SMILES string of the molecule is CCCCOCCCNC(=NC)NCCCC(C)C.I. The zero-order chi connectivity index (χ0) is 14.3. The lowest BCUT2D eigenvalue weighted by Gasteiger charge is -2.12. The van der Waals surface area contributed by atoms with Gasteiger partial charge in [-0.3, -0.25) is 4.99 Å². The van der Waals surface area contributed by atoms with E-state index in [2.05, 4.69) is 36.4 Å². The van der Waals surface area contributed by atoms with Crippen molar-refractivity contribution < 1.29 is 4.74 Å². The van der Waals surface area contributed by atoms with Crippen LogP contribution in [0.25, 0.3) is 0 Å². The largest absolute Gasteiger partial charge is 0.381 e. The van der Waals surface area contributed by atoms with E-state index in [0.717, 1.165) is 51.0 Å². The van der Waals surface area contributed by atoms with Crippen molar-refractivity contribution in [1.82, 2.24) is 10.6 Å². The first-order valence-corrected chi connectivity index (χ1v) is 7.73. The summed E-state index contributed by atoms with van der Waals surface area (Å²) in [5.74, 6) is 1.68. The Morgan fingerprint density at radius 3 is 2.20 bits per heavy atom. The number of ether oxygens (including phenoxy) is 1. The zero-order valence-corrected chi connectivity index (χ0v) is 16.0. The fraction of sp³-hybridized carbons (Fsp3) is 0.933.